The number of hydrogen-bond acceptors (Lipinski definition) is 4. The molecule has 0 aliphatic heterocycles. The number of carbonyl (C=O) groups is 1. The number of rotatable bonds is 10. The first-order valence-corrected chi connectivity index (χ1v) is 6.21. The summed E-state index contributed by atoms with van der Waals surface area (Å²) in [5, 5.41) is 0. The van der Waals surface area contributed by atoms with Crippen LogP contribution in [0.2, 0.25) is 0 Å². The number of carbonyl (C=O) groups excluding carboxylic acids is 1. The number of hydrogen-bond donors (Lipinski definition) is 1. The second-order valence-corrected chi connectivity index (χ2v) is 5.66. The van der Waals surface area contributed by atoms with Gasteiger partial charge in [-0.05, 0) is 40.5 Å². The summed E-state index contributed by atoms with van der Waals surface area (Å²) in [6, 6.07) is 0. The smallest absolute Gasteiger partial charge is 0.122 e. The van der Waals surface area contributed by atoms with E-state index in [0.29, 0.717) is 26.2 Å². The van der Waals surface area contributed by atoms with Gasteiger partial charge in [0.25, 0.3) is 0 Å². The SMILES string of the molecule is CC(C)(N)CCOC(C)(C)CCOCCC=O. The van der Waals surface area contributed by atoms with Crippen LogP contribution in [0, 0.1) is 0 Å². The van der Waals surface area contributed by atoms with Crippen molar-refractivity contribution in [1.82, 2.24) is 0 Å². The van der Waals surface area contributed by atoms with E-state index in [4.69, 9.17) is 15.2 Å². The average Bonchev–Trinajstić information content (AvgIpc) is 2.14. The Hall–Kier alpha value is -0.450. The van der Waals surface area contributed by atoms with E-state index in [2.05, 4.69) is 0 Å². The largest absolute Gasteiger partial charge is 0.381 e. The van der Waals surface area contributed by atoms with Gasteiger partial charge in [0.05, 0.1) is 12.2 Å². The van der Waals surface area contributed by atoms with Crippen molar-refractivity contribution in [1.29, 1.82) is 0 Å². The highest BCUT2D eigenvalue weighted by molar-refractivity contribution is 5.49. The van der Waals surface area contributed by atoms with Crippen molar-refractivity contribution >= 4 is 6.29 Å². The van der Waals surface area contributed by atoms with Crippen molar-refractivity contribution in [3.63, 3.8) is 0 Å². The second-order valence-electron chi connectivity index (χ2n) is 5.66. The molecule has 0 radical (unpaired) electrons. The number of ether oxygens (including phenoxy) is 2. The predicted octanol–water partition coefficient (Wildman–Crippen LogP) is 1.90. The van der Waals surface area contributed by atoms with Gasteiger partial charge >= 0.3 is 0 Å². The van der Waals surface area contributed by atoms with Crippen LogP contribution < -0.4 is 5.73 Å². The summed E-state index contributed by atoms with van der Waals surface area (Å²) in [5.41, 5.74) is 5.50. The van der Waals surface area contributed by atoms with E-state index >= 15 is 0 Å². The molecule has 0 aromatic rings. The summed E-state index contributed by atoms with van der Waals surface area (Å²) >= 11 is 0. The third kappa shape index (κ3) is 11.8. The summed E-state index contributed by atoms with van der Waals surface area (Å²) in [5.74, 6) is 0. The van der Waals surface area contributed by atoms with Crippen LogP contribution in [0.5, 0.6) is 0 Å². The third-order valence-corrected chi connectivity index (χ3v) is 2.47. The summed E-state index contributed by atoms with van der Waals surface area (Å²) < 4.78 is 11.1. The van der Waals surface area contributed by atoms with E-state index in [0.717, 1.165) is 19.1 Å². The van der Waals surface area contributed by atoms with E-state index in [1.165, 1.54) is 0 Å². The van der Waals surface area contributed by atoms with E-state index < -0.39 is 0 Å². The van der Waals surface area contributed by atoms with Gasteiger partial charge in [0.15, 0.2) is 0 Å². The minimum atomic E-state index is -0.202. The summed E-state index contributed by atoms with van der Waals surface area (Å²) in [7, 11) is 0. The van der Waals surface area contributed by atoms with Crippen molar-refractivity contribution in [3.05, 3.63) is 0 Å². The van der Waals surface area contributed by atoms with Crippen LogP contribution in [0.15, 0.2) is 0 Å². The maximum Gasteiger partial charge on any atom is 0.122 e. The molecule has 0 unspecified atom stereocenters. The third-order valence-electron chi connectivity index (χ3n) is 2.47. The van der Waals surface area contributed by atoms with Gasteiger partial charge < -0.3 is 20.0 Å². The summed E-state index contributed by atoms with van der Waals surface area (Å²) in [4.78, 5) is 10.1. The molecule has 0 spiro atoms. The lowest BCUT2D eigenvalue weighted by Gasteiger charge is -2.27. The predicted molar refractivity (Wildman–Crippen MR) is 69.0 cm³/mol. The first-order valence-electron chi connectivity index (χ1n) is 6.21. The van der Waals surface area contributed by atoms with Crippen molar-refractivity contribution in [2.45, 2.75) is 58.1 Å². The molecule has 0 aliphatic rings. The molecule has 0 aromatic heterocycles. The Labute approximate surface area is 105 Å². The Bertz CT molecular complexity index is 209. The highest BCUT2D eigenvalue weighted by Crippen LogP contribution is 2.16. The van der Waals surface area contributed by atoms with Gasteiger partial charge in [-0.3, -0.25) is 0 Å². The summed E-state index contributed by atoms with van der Waals surface area (Å²) in [6.07, 6.45) is 2.98. The Kier molecular flexibility index (Phi) is 7.59. The quantitative estimate of drug-likeness (QED) is 0.472. The molecule has 0 aliphatic carbocycles. The van der Waals surface area contributed by atoms with Gasteiger partial charge in [-0.1, -0.05) is 0 Å². The molecule has 0 rings (SSSR count). The topological polar surface area (TPSA) is 61.6 Å². The highest BCUT2D eigenvalue weighted by Gasteiger charge is 2.19. The molecule has 0 fully saturated rings. The lowest BCUT2D eigenvalue weighted by Crippen LogP contribution is -2.35. The zero-order valence-corrected chi connectivity index (χ0v) is 11.6. The van der Waals surface area contributed by atoms with Crippen LogP contribution >= 0.6 is 0 Å². The molecular weight excluding hydrogens is 218 g/mol. The van der Waals surface area contributed by atoms with Gasteiger partial charge in [-0.2, -0.15) is 0 Å². The lowest BCUT2D eigenvalue weighted by molar-refractivity contribution is -0.109. The molecule has 0 atom stereocenters. The zero-order valence-electron chi connectivity index (χ0n) is 11.6. The molecule has 0 saturated heterocycles. The molecule has 0 saturated carbocycles. The number of aldehydes is 1. The molecule has 0 aromatic carbocycles. The van der Waals surface area contributed by atoms with E-state index in [1.54, 1.807) is 0 Å². The minimum absolute atomic E-state index is 0.184. The molecule has 2 N–H and O–H groups in total. The standard InChI is InChI=1S/C13H27NO3/c1-12(2,14)6-11-17-13(3,4)7-10-16-9-5-8-15/h8H,5-7,9-11,14H2,1-4H3. The molecule has 0 bridgehead atoms. The maximum absolute atomic E-state index is 10.1. The monoisotopic (exact) mass is 245 g/mol. The Morgan fingerprint density at radius 3 is 2.24 bits per heavy atom. The Morgan fingerprint density at radius 1 is 1.06 bits per heavy atom. The summed E-state index contributed by atoms with van der Waals surface area (Å²) in [6.45, 7) is 9.84. The van der Waals surface area contributed by atoms with Crippen molar-refractivity contribution in [2.75, 3.05) is 19.8 Å². The van der Waals surface area contributed by atoms with Crippen LogP contribution in [0.4, 0.5) is 0 Å². The first-order chi connectivity index (χ1) is 7.77. The molecular formula is C13H27NO3. The van der Waals surface area contributed by atoms with Crippen LogP contribution in [0.25, 0.3) is 0 Å². The zero-order chi connectivity index (χ0) is 13.4. The van der Waals surface area contributed by atoms with Gasteiger partial charge in [0.2, 0.25) is 0 Å². The van der Waals surface area contributed by atoms with Gasteiger partial charge in [0, 0.05) is 25.2 Å². The molecule has 4 nitrogen and oxygen atoms in total. The average molecular weight is 245 g/mol. The first kappa shape index (κ1) is 16.6. The van der Waals surface area contributed by atoms with Crippen molar-refractivity contribution in [3.8, 4) is 0 Å². The minimum Gasteiger partial charge on any atom is -0.381 e. The van der Waals surface area contributed by atoms with Gasteiger partial charge in [-0.15, -0.1) is 0 Å². The molecule has 4 heteroatoms. The fourth-order valence-electron chi connectivity index (χ4n) is 1.21. The van der Waals surface area contributed by atoms with Crippen LogP contribution in [0.3, 0.4) is 0 Å². The maximum atomic E-state index is 10.1. The fraction of sp³-hybridized carbons (Fsp3) is 0.923. The molecule has 0 heterocycles. The van der Waals surface area contributed by atoms with E-state index in [9.17, 15) is 4.79 Å². The molecule has 17 heavy (non-hydrogen) atoms. The van der Waals surface area contributed by atoms with Crippen LogP contribution in [-0.4, -0.2) is 37.2 Å². The number of nitrogens with two attached hydrogens (primary N) is 1. The normalized spacial score (nSPS) is 12.8. The Morgan fingerprint density at radius 2 is 1.71 bits per heavy atom. The molecule has 0 amide bonds. The van der Waals surface area contributed by atoms with E-state index in [-0.39, 0.29) is 11.1 Å². The van der Waals surface area contributed by atoms with Gasteiger partial charge in [0.1, 0.15) is 6.29 Å². The fourth-order valence-corrected chi connectivity index (χ4v) is 1.21. The van der Waals surface area contributed by atoms with Crippen LogP contribution in [-0.2, 0) is 14.3 Å². The van der Waals surface area contributed by atoms with Crippen LogP contribution in [0.1, 0.15) is 47.0 Å². The Balaban J connectivity index is 3.61. The lowest BCUT2D eigenvalue weighted by atomic mass is 10.0. The van der Waals surface area contributed by atoms with Crippen molar-refractivity contribution in [2.24, 2.45) is 5.73 Å². The van der Waals surface area contributed by atoms with Crippen molar-refractivity contribution < 1.29 is 14.3 Å². The highest BCUT2D eigenvalue weighted by atomic mass is 16.5. The van der Waals surface area contributed by atoms with Gasteiger partial charge in [-0.25, -0.2) is 0 Å². The second kappa shape index (κ2) is 7.80. The molecule has 102 valence electrons. The van der Waals surface area contributed by atoms with E-state index in [1.807, 2.05) is 27.7 Å².